The van der Waals surface area contributed by atoms with Crippen molar-refractivity contribution >= 4 is 17.2 Å². The van der Waals surface area contributed by atoms with Crippen molar-refractivity contribution in [1.82, 2.24) is 9.80 Å². The Balaban J connectivity index is 1.35. The zero-order valence-electron chi connectivity index (χ0n) is 13.6. The molecule has 0 saturated heterocycles. The van der Waals surface area contributed by atoms with Gasteiger partial charge in [0.1, 0.15) is 0 Å². The van der Waals surface area contributed by atoms with Gasteiger partial charge in [-0.15, -0.1) is 11.3 Å². The Labute approximate surface area is 146 Å². The Morgan fingerprint density at radius 2 is 1.96 bits per heavy atom. The summed E-state index contributed by atoms with van der Waals surface area (Å²) in [6, 6.07) is 9.98. The Morgan fingerprint density at radius 1 is 1.08 bits per heavy atom. The van der Waals surface area contributed by atoms with Crippen molar-refractivity contribution in [3.63, 3.8) is 0 Å². The Bertz CT molecular complexity index is 742. The summed E-state index contributed by atoms with van der Waals surface area (Å²) in [5.74, 6) is 0.0506. The third-order valence-corrected chi connectivity index (χ3v) is 6.00. The highest BCUT2D eigenvalue weighted by atomic mass is 32.1. The Hall–Kier alpha value is -1.69. The lowest BCUT2D eigenvalue weighted by Gasteiger charge is -2.33. The standard InChI is InChI=1S/C19H22N2O2S/c22-16(12-20-8-6-18-15(11-20)7-10-24-18)13-21-9-5-14-3-1-2-4-17(14)19(21)23/h1-4,7,10,16,22H,5-6,8-9,11-13H2. The minimum Gasteiger partial charge on any atom is -0.390 e. The van der Waals surface area contributed by atoms with Crippen LogP contribution in [0.1, 0.15) is 26.4 Å². The molecule has 0 spiro atoms. The van der Waals surface area contributed by atoms with Crippen LogP contribution in [0.5, 0.6) is 0 Å². The van der Waals surface area contributed by atoms with Gasteiger partial charge in [0, 0.05) is 43.2 Å². The van der Waals surface area contributed by atoms with Gasteiger partial charge in [0.05, 0.1) is 6.10 Å². The van der Waals surface area contributed by atoms with E-state index in [1.54, 1.807) is 4.90 Å². The van der Waals surface area contributed by atoms with E-state index >= 15 is 0 Å². The molecule has 4 rings (SSSR count). The van der Waals surface area contributed by atoms with E-state index < -0.39 is 6.10 Å². The molecule has 0 radical (unpaired) electrons. The molecule has 1 amide bonds. The number of rotatable bonds is 4. The molecule has 2 aliphatic heterocycles. The fourth-order valence-electron chi connectivity index (χ4n) is 3.72. The van der Waals surface area contributed by atoms with Crippen LogP contribution in [-0.4, -0.2) is 53.1 Å². The summed E-state index contributed by atoms with van der Waals surface area (Å²) in [6.45, 7) is 3.64. The van der Waals surface area contributed by atoms with E-state index in [1.165, 1.54) is 10.4 Å². The average Bonchev–Trinajstić information content (AvgIpc) is 3.05. The smallest absolute Gasteiger partial charge is 0.254 e. The average molecular weight is 342 g/mol. The molecular weight excluding hydrogens is 320 g/mol. The van der Waals surface area contributed by atoms with Gasteiger partial charge < -0.3 is 10.0 Å². The number of aliphatic hydroxyl groups excluding tert-OH is 1. The molecule has 1 atom stereocenters. The van der Waals surface area contributed by atoms with Gasteiger partial charge in [0.2, 0.25) is 0 Å². The van der Waals surface area contributed by atoms with Gasteiger partial charge >= 0.3 is 0 Å². The first-order chi connectivity index (χ1) is 11.7. The number of amides is 1. The molecule has 1 unspecified atom stereocenters. The lowest BCUT2D eigenvalue weighted by molar-refractivity contribution is 0.0493. The predicted molar refractivity (Wildman–Crippen MR) is 95.4 cm³/mol. The number of carbonyl (C=O) groups is 1. The van der Waals surface area contributed by atoms with E-state index in [4.69, 9.17) is 0 Å². The third kappa shape index (κ3) is 3.11. The van der Waals surface area contributed by atoms with Crippen LogP contribution in [-0.2, 0) is 19.4 Å². The van der Waals surface area contributed by atoms with Crippen molar-refractivity contribution in [3.8, 4) is 0 Å². The van der Waals surface area contributed by atoms with Crippen molar-refractivity contribution in [1.29, 1.82) is 0 Å². The van der Waals surface area contributed by atoms with Crippen LogP contribution in [0.4, 0.5) is 0 Å². The summed E-state index contributed by atoms with van der Waals surface area (Å²) in [4.78, 5) is 18.1. The van der Waals surface area contributed by atoms with Crippen LogP contribution in [0.3, 0.4) is 0 Å². The molecule has 5 heteroatoms. The van der Waals surface area contributed by atoms with Crippen LogP contribution in [0.15, 0.2) is 35.7 Å². The lowest BCUT2D eigenvalue weighted by atomic mass is 9.99. The summed E-state index contributed by atoms with van der Waals surface area (Å²) in [5.41, 5.74) is 3.30. The van der Waals surface area contributed by atoms with Gasteiger partial charge in [-0.1, -0.05) is 18.2 Å². The quantitative estimate of drug-likeness (QED) is 0.926. The van der Waals surface area contributed by atoms with E-state index in [-0.39, 0.29) is 5.91 Å². The zero-order chi connectivity index (χ0) is 16.5. The first-order valence-corrected chi connectivity index (χ1v) is 9.41. The van der Waals surface area contributed by atoms with Crippen LogP contribution < -0.4 is 0 Å². The fraction of sp³-hybridized carbons (Fsp3) is 0.421. The third-order valence-electron chi connectivity index (χ3n) is 4.97. The molecular formula is C19H22N2O2S. The Morgan fingerprint density at radius 3 is 2.88 bits per heavy atom. The minimum absolute atomic E-state index is 0.0506. The highest BCUT2D eigenvalue weighted by Crippen LogP contribution is 2.24. The number of aliphatic hydroxyl groups is 1. The molecule has 1 N–H and O–H groups in total. The van der Waals surface area contributed by atoms with Gasteiger partial charge in [-0.2, -0.15) is 0 Å². The van der Waals surface area contributed by atoms with Crippen molar-refractivity contribution in [2.75, 3.05) is 26.2 Å². The maximum absolute atomic E-state index is 12.6. The van der Waals surface area contributed by atoms with Gasteiger partial charge in [-0.3, -0.25) is 9.69 Å². The van der Waals surface area contributed by atoms with Crippen molar-refractivity contribution in [3.05, 3.63) is 57.3 Å². The number of hydrogen-bond acceptors (Lipinski definition) is 4. The first-order valence-electron chi connectivity index (χ1n) is 8.53. The van der Waals surface area contributed by atoms with E-state index in [2.05, 4.69) is 16.3 Å². The van der Waals surface area contributed by atoms with E-state index in [9.17, 15) is 9.90 Å². The molecule has 0 bridgehead atoms. The highest BCUT2D eigenvalue weighted by molar-refractivity contribution is 7.10. The first kappa shape index (κ1) is 15.8. The topological polar surface area (TPSA) is 43.8 Å². The summed E-state index contributed by atoms with van der Waals surface area (Å²) in [7, 11) is 0. The molecule has 2 aromatic rings. The number of carbonyl (C=O) groups excluding carboxylic acids is 1. The maximum Gasteiger partial charge on any atom is 0.254 e. The van der Waals surface area contributed by atoms with Crippen molar-refractivity contribution in [2.45, 2.75) is 25.5 Å². The van der Waals surface area contributed by atoms with E-state index in [0.717, 1.165) is 37.1 Å². The SMILES string of the molecule is O=C1c2ccccc2CCN1CC(O)CN1CCc2sccc2C1. The normalized spacial score (nSPS) is 19.0. The molecule has 126 valence electrons. The molecule has 2 aliphatic rings. The molecule has 4 nitrogen and oxygen atoms in total. The molecule has 1 aromatic carbocycles. The van der Waals surface area contributed by atoms with Gasteiger partial charge in [-0.05, 0) is 41.5 Å². The second-order valence-electron chi connectivity index (χ2n) is 6.67. The summed E-state index contributed by atoms with van der Waals surface area (Å²) >= 11 is 1.83. The van der Waals surface area contributed by atoms with Crippen LogP contribution in [0, 0.1) is 0 Å². The van der Waals surface area contributed by atoms with Crippen LogP contribution in [0.25, 0.3) is 0 Å². The minimum atomic E-state index is -0.501. The monoisotopic (exact) mass is 342 g/mol. The molecule has 3 heterocycles. The van der Waals surface area contributed by atoms with Gasteiger partial charge in [0.25, 0.3) is 5.91 Å². The predicted octanol–water partition coefficient (Wildman–Crippen LogP) is 2.17. The number of benzene rings is 1. The van der Waals surface area contributed by atoms with Crippen LogP contribution in [0.2, 0.25) is 0 Å². The zero-order valence-corrected chi connectivity index (χ0v) is 14.5. The molecule has 0 saturated carbocycles. The molecule has 1 aromatic heterocycles. The maximum atomic E-state index is 12.6. The molecule has 0 aliphatic carbocycles. The summed E-state index contributed by atoms with van der Waals surface area (Å²) in [5, 5.41) is 12.6. The van der Waals surface area contributed by atoms with Crippen LogP contribution >= 0.6 is 11.3 Å². The molecule has 24 heavy (non-hydrogen) atoms. The van der Waals surface area contributed by atoms with Crippen molar-refractivity contribution in [2.24, 2.45) is 0 Å². The number of nitrogens with zero attached hydrogens (tertiary/aromatic N) is 2. The van der Waals surface area contributed by atoms with Gasteiger partial charge in [0.15, 0.2) is 0 Å². The lowest BCUT2D eigenvalue weighted by Crippen LogP contribution is -2.46. The second-order valence-corrected chi connectivity index (χ2v) is 7.67. The van der Waals surface area contributed by atoms with E-state index in [0.29, 0.717) is 19.6 Å². The van der Waals surface area contributed by atoms with Crippen molar-refractivity contribution < 1.29 is 9.90 Å². The number of fused-ring (bicyclic) bond motifs is 2. The molecule has 0 fully saturated rings. The largest absolute Gasteiger partial charge is 0.390 e. The van der Waals surface area contributed by atoms with E-state index in [1.807, 2.05) is 35.6 Å². The number of hydrogen-bond donors (Lipinski definition) is 1. The van der Waals surface area contributed by atoms with Gasteiger partial charge in [-0.25, -0.2) is 0 Å². The highest BCUT2D eigenvalue weighted by Gasteiger charge is 2.27. The summed E-state index contributed by atoms with van der Waals surface area (Å²) in [6.07, 6.45) is 1.44. The summed E-state index contributed by atoms with van der Waals surface area (Å²) < 4.78 is 0. The number of β-amino-alcohol motifs (C(OH)–C–C–N with tert-alkyl or cyclic N) is 1. The second kappa shape index (κ2) is 6.67. The fourth-order valence-corrected chi connectivity index (χ4v) is 4.61. The number of thiophene rings is 1. The Kier molecular flexibility index (Phi) is 4.39.